The monoisotopic (exact) mass is 253 g/mol. The summed E-state index contributed by atoms with van der Waals surface area (Å²) in [6.45, 7) is 2.23. The predicted octanol–water partition coefficient (Wildman–Crippen LogP) is 3.25. The molecule has 19 heavy (non-hydrogen) atoms. The molecule has 1 aromatic rings. The first-order chi connectivity index (χ1) is 9.40. The van der Waals surface area contributed by atoms with Crippen molar-refractivity contribution in [2.75, 3.05) is 0 Å². The Morgan fingerprint density at radius 1 is 1.21 bits per heavy atom. The van der Waals surface area contributed by atoms with Crippen molar-refractivity contribution in [3.8, 4) is 0 Å². The van der Waals surface area contributed by atoms with Gasteiger partial charge in [0.05, 0.1) is 5.92 Å². The molecule has 3 nitrogen and oxygen atoms in total. The van der Waals surface area contributed by atoms with Crippen molar-refractivity contribution in [2.24, 2.45) is 15.9 Å². The first-order valence-corrected chi connectivity index (χ1v) is 7.00. The second-order valence-corrected chi connectivity index (χ2v) is 5.05. The summed E-state index contributed by atoms with van der Waals surface area (Å²) in [5.74, 6) is 0.326. The van der Waals surface area contributed by atoms with Crippen molar-refractivity contribution in [2.45, 2.75) is 32.4 Å². The van der Waals surface area contributed by atoms with Crippen molar-refractivity contribution in [1.82, 2.24) is 5.32 Å². The Labute approximate surface area is 114 Å². The van der Waals surface area contributed by atoms with E-state index in [0.29, 0.717) is 5.92 Å². The Morgan fingerprint density at radius 2 is 2.05 bits per heavy atom. The Morgan fingerprint density at radius 3 is 2.84 bits per heavy atom. The van der Waals surface area contributed by atoms with E-state index in [4.69, 9.17) is 0 Å². The lowest BCUT2D eigenvalue weighted by Gasteiger charge is -2.16. The number of hydrogen-bond acceptors (Lipinski definition) is 3. The van der Waals surface area contributed by atoms with Crippen LogP contribution in [0.5, 0.6) is 0 Å². The third kappa shape index (κ3) is 2.33. The molecule has 0 aromatic heterocycles. The Kier molecular flexibility index (Phi) is 3.45. The lowest BCUT2D eigenvalue weighted by molar-refractivity contribution is 0.576. The molecule has 0 saturated heterocycles. The quantitative estimate of drug-likeness (QED) is 0.878. The third-order valence-electron chi connectivity index (χ3n) is 3.76. The molecule has 3 heteroatoms. The lowest BCUT2D eigenvalue weighted by Crippen LogP contribution is -2.29. The van der Waals surface area contributed by atoms with Crippen molar-refractivity contribution >= 4 is 18.3 Å². The standard InChI is InChI=1S/C16H19N3/c1-2-3-9-13-14-10-17-11-18-16(14)19-15(13)12-7-5-4-6-8-12/h4-8,10-11,14,16,19H,2-3,9H2,1H3. The smallest absolute Gasteiger partial charge is 0.132 e. The highest BCUT2D eigenvalue weighted by Crippen LogP contribution is 2.35. The first kappa shape index (κ1) is 12.2. The zero-order chi connectivity index (χ0) is 13.1. The van der Waals surface area contributed by atoms with Gasteiger partial charge in [0, 0.05) is 11.9 Å². The van der Waals surface area contributed by atoms with Crippen LogP contribution < -0.4 is 5.32 Å². The van der Waals surface area contributed by atoms with Gasteiger partial charge in [0.15, 0.2) is 0 Å². The van der Waals surface area contributed by atoms with E-state index >= 15 is 0 Å². The minimum Gasteiger partial charge on any atom is -0.362 e. The van der Waals surface area contributed by atoms with Crippen LogP contribution in [-0.4, -0.2) is 18.7 Å². The van der Waals surface area contributed by atoms with Gasteiger partial charge in [0.2, 0.25) is 0 Å². The van der Waals surface area contributed by atoms with Gasteiger partial charge in [0.25, 0.3) is 0 Å². The van der Waals surface area contributed by atoms with Crippen molar-refractivity contribution in [3.05, 3.63) is 41.5 Å². The summed E-state index contributed by atoms with van der Waals surface area (Å²) < 4.78 is 0. The van der Waals surface area contributed by atoms with E-state index < -0.39 is 0 Å². The molecular weight excluding hydrogens is 234 g/mol. The zero-order valence-electron chi connectivity index (χ0n) is 11.2. The molecule has 3 rings (SSSR count). The van der Waals surface area contributed by atoms with Crippen LogP contribution in [0, 0.1) is 5.92 Å². The highest BCUT2D eigenvalue weighted by atomic mass is 15.1. The average molecular weight is 253 g/mol. The van der Waals surface area contributed by atoms with Crippen LogP contribution in [0.3, 0.4) is 0 Å². The summed E-state index contributed by atoms with van der Waals surface area (Å²) in [7, 11) is 0. The average Bonchev–Trinajstić information content (AvgIpc) is 2.85. The van der Waals surface area contributed by atoms with E-state index in [2.05, 4.69) is 52.6 Å². The Balaban J connectivity index is 1.96. The fraction of sp³-hybridized carbons (Fsp3) is 0.375. The van der Waals surface area contributed by atoms with Crippen LogP contribution in [0.2, 0.25) is 0 Å². The molecule has 0 spiro atoms. The van der Waals surface area contributed by atoms with Gasteiger partial charge in [-0.15, -0.1) is 0 Å². The summed E-state index contributed by atoms with van der Waals surface area (Å²) in [6, 6.07) is 10.5. The highest BCUT2D eigenvalue weighted by Gasteiger charge is 2.33. The molecule has 0 amide bonds. The minimum atomic E-state index is 0.138. The van der Waals surface area contributed by atoms with Crippen molar-refractivity contribution < 1.29 is 0 Å². The molecular formula is C16H19N3. The minimum absolute atomic E-state index is 0.138. The highest BCUT2D eigenvalue weighted by molar-refractivity contribution is 5.85. The first-order valence-electron chi connectivity index (χ1n) is 7.00. The number of aliphatic imine (C=N–C) groups is 2. The Hall–Kier alpha value is -1.90. The summed E-state index contributed by atoms with van der Waals surface area (Å²) >= 11 is 0. The van der Waals surface area contributed by atoms with E-state index in [-0.39, 0.29) is 6.17 Å². The molecule has 0 bridgehead atoms. The van der Waals surface area contributed by atoms with Gasteiger partial charge in [-0.25, -0.2) is 9.98 Å². The molecule has 2 heterocycles. The molecule has 2 aliphatic heterocycles. The Bertz CT molecular complexity index is 528. The van der Waals surface area contributed by atoms with Crippen LogP contribution in [0.1, 0.15) is 31.7 Å². The molecule has 1 N–H and O–H groups in total. The van der Waals surface area contributed by atoms with Crippen LogP contribution in [0.4, 0.5) is 0 Å². The maximum absolute atomic E-state index is 4.45. The molecule has 0 aliphatic carbocycles. The summed E-state index contributed by atoms with van der Waals surface area (Å²) in [6.07, 6.45) is 7.37. The number of unbranched alkanes of at least 4 members (excludes halogenated alkanes) is 1. The fourth-order valence-electron chi connectivity index (χ4n) is 2.76. The number of fused-ring (bicyclic) bond motifs is 1. The zero-order valence-corrected chi connectivity index (χ0v) is 11.2. The van der Waals surface area contributed by atoms with E-state index in [1.54, 1.807) is 6.34 Å². The number of nitrogens with zero attached hydrogens (tertiary/aromatic N) is 2. The molecule has 98 valence electrons. The molecule has 0 saturated carbocycles. The van der Waals surface area contributed by atoms with Crippen LogP contribution in [0.15, 0.2) is 45.9 Å². The molecule has 2 atom stereocenters. The normalized spacial score (nSPS) is 24.5. The lowest BCUT2D eigenvalue weighted by atomic mass is 9.93. The van der Waals surface area contributed by atoms with E-state index in [1.165, 1.54) is 29.7 Å². The summed E-state index contributed by atoms with van der Waals surface area (Å²) in [5.41, 5.74) is 3.97. The second kappa shape index (κ2) is 5.39. The second-order valence-electron chi connectivity index (χ2n) is 5.05. The van der Waals surface area contributed by atoms with Gasteiger partial charge >= 0.3 is 0 Å². The molecule has 2 unspecified atom stereocenters. The van der Waals surface area contributed by atoms with Crippen LogP contribution >= 0.6 is 0 Å². The maximum Gasteiger partial charge on any atom is 0.132 e. The van der Waals surface area contributed by atoms with Crippen molar-refractivity contribution in [3.63, 3.8) is 0 Å². The maximum atomic E-state index is 4.45. The van der Waals surface area contributed by atoms with Gasteiger partial charge in [0.1, 0.15) is 12.5 Å². The van der Waals surface area contributed by atoms with E-state index in [9.17, 15) is 0 Å². The SMILES string of the molecule is CCCCC1=C(c2ccccc2)NC2N=CN=CC12. The number of nitrogens with one attached hydrogen (secondary N) is 1. The van der Waals surface area contributed by atoms with Gasteiger partial charge < -0.3 is 5.32 Å². The molecule has 0 radical (unpaired) electrons. The van der Waals surface area contributed by atoms with Gasteiger partial charge in [-0.2, -0.15) is 0 Å². The van der Waals surface area contributed by atoms with E-state index in [0.717, 1.165) is 6.42 Å². The van der Waals surface area contributed by atoms with Gasteiger partial charge in [-0.05, 0) is 24.0 Å². The summed E-state index contributed by atoms with van der Waals surface area (Å²) in [5, 5.41) is 3.56. The fourth-order valence-corrected chi connectivity index (χ4v) is 2.76. The molecule has 1 aromatic carbocycles. The van der Waals surface area contributed by atoms with Crippen molar-refractivity contribution in [1.29, 1.82) is 0 Å². The number of hydrogen-bond donors (Lipinski definition) is 1. The third-order valence-corrected chi connectivity index (χ3v) is 3.76. The van der Waals surface area contributed by atoms with Gasteiger partial charge in [-0.3, -0.25) is 0 Å². The number of benzene rings is 1. The molecule has 2 aliphatic rings. The van der Waals surface area contributed by atoms with Gasteiger partial charge in [-0.1, -0.05) is 43.7 Å². The largest absolute Gasteiger partial charge is 0.362 e. The topological polar surface area (TPSA) is 36.8 Å². The molecule has 0 fully saturated rings. The van der Waals surface area contributed by atoms with Crippen LogP contribution in [0.25, 0.3) is 5.70 Å². The van der Waals surface area contributed by atoms with E-state index in [1.807, 2.05) is 6.21 Å². The summed E-state index contributed by atoms with van der Waals surface area (Å²) in [4.78, 5) is 8.67. The van der Waals surface area contributed by atoms with Crippen LogP contribution in [-0.2, 0) is 0 Å². The number of rotatable bonds is 4. The predicted molar refractivity (Wildman–Crippen MR) is 80.3 cm³/mol.